The van der Waals surface area contributed by atoms with Gasteiger partial charge in [-0.05, 0) is 59.0 Å². The van der Waals surface area contributed by atoms with Crippen LogP contribution in [-0.4, -0.2) is 14.2 Å². The molecule has 4 nitrogen and oxygen atoms in total. The monoisotopic (exact) mass is 480 g/mol. The van der Waals surface area contributed by atoms with Gasteiger partial charge in [-0.2, -0.15) is 0 Å². The van der Waals surface area contributed by atoms with Gasteiger partial charge >= 0.3 is 0 Å². The number of anilines is 2. The third-order valence-corrected chi connectivity index (χ3v) is 5.49. The van der Waals surface area contributed by atoms with E-state index in [0.29, 0.717) is 33.8 Å². The third-order valence-electron chi connectivity index (χ3n) is 3.64. The van der Waals surface area contributed by atoms with Crippen LogP contribution >= 0.6 is 45.8 Å². The lowest BCUT2D eigenvalue weighted by Gasteiger charge is -2.08. The molecule has 0 saturated heterocycles. The van der Waals surface area contributed by atoms with Gasteiger partial charge < -0.3 is 20.9 Å². The zero-order valence-electron chi connectivity index (χ0n) is 13.4. The molecule has 1 aliphatic carbocycles. The first-order valence-corrected chi connectivity index (χ1v) is 9.12. The summed E-state index contributed by atoms with van der Waals surface area (Å²) in [4.78, 5) is 0. The Kier molecular flexibility index (Phi) is 6.71. The molecular weight excluding hydrogens is 462 g/mol. The first kappa shape index (κ1) is 19.3. The van der Waals surface area contributed by atoms with Crippen molar-refractivity contribution < 1.29 is 9.47 Å². The Labute approximate surface area is 165 Å². The summed E-state index contributed by atoms with van der Waals surface area (Å²) in [7, 11) is 3.16. The number of hydrogen-bond donors (Lipinski definition) is 2. The molecule has 0 amide bonds. The van der Waals surface area contributed by atoms with Crippen molar-refractivity contribution in [2.75, 3.05) is 25.7 Å². The van der Waals surface area contributed by atoms with Crippen LogP contribution in [0.1, 0.15) is 24.3 Å². The molecule has 0 aliphatic heterocycles. The lowest BCUT2D eigenvalue weighted by atomic mass is 10.1. The van der Waals surface area contributed by atoms with E-state index in [1.807, 2.05) is 6.07 Å². The number of methoxy groups -OCH3 is 2. The van der Waals surface area contributed by atoms with Crippen molar-refractivity contribution in [2.24, 2.45) is 0 Å². The Bertz CT molecular complexity index is 737. The Morgan fingerprint density at radius 1 is 0.917 bits per heavy atom. The van der Waals surface area contributed by atoms with Crippen LogP contribution in [0.4, 0.5) is 11.4 Å². The van der Waals surface area contributed by atoms with E-state index in [2.05, 4.69) is 22.6 Å². The second kappa shape index (κ2) is 8.36. The number of rotatable bonds is 3. The third kappa shape index (κ3) is 4.74. The van der Waals surface area contributed by atoms with Gasteiger partial charge in [-0.15, -0.1) is 0 Å². The van der Waals surface area contributed by atoms with E-state index in [9.17, 15) is 0 Å². The summed E-state index contributed by atoms with van der Waals surface area (Å²) in [5.74, 6) is 1.91. The van der Waals surface area contributed by atoms with Crippen LogP contribution in [0, 0.1) is 3.57 Å². The van der Waals surface area contributed by atoms with Crippen LogP contribution < -0.4 is 20.9 Å². The molecule has 7 heteroatoms. The van der Waals surface area contributed by atoms with Crippen molar-refractivity contribution in [2.45, 2.75) is 18.8 Å². The average molecular weight is 481 g/mol. The second-order valence-corrected chi connectivity index (χ2v) is 7.37. The molecule has 0 atom stereocenters. The van der Waals surface area contributed by atoms with Crippen molar-refractivity contribution in [1.82, 2.24) is 0 Å². The molecule has 0 heterocycles. The van der Waals surface area contributed by atoms with Gasteiger partial charge in [0.1, 0.15) is 11.5 Å². The van der Waals surface area contributed by atoms with E-state index >= 15 is 0 Å². The summed E-state index contributed by atoms with van der Waals surface area (Å²) in [6, 6.07) is 7.21. The van der Waals surface area contributed by atoms with E-state index in [1.54, 1.807) is 32.4 Å². The Hall–Kier alpha value is -1.05. The lowest BCUT2D eigenvalue weighted by Crippen LogP contribution is -1.94. The first-order valence-electron chi connectivity index (χ1n) is 7.28. The molecule has 130 valence electrons. The molecule has 0 bridgehead atoms. The highest BCUT2D eigenvalue weighted by Gasteiger charge is 2.26. The van der Waals surface area contributed by atoms with Crippen molar-refractivity contribution in [3.8, 4) is 11.5 Å². The van der Waals surface area contributed by atoms with Gasteiger partial charge in [0.2, 0.25) is 0 Å². The van der Waals surface area contributed by atoms with Crippen LogP contribution in [0.5, 0.6) is 11.5 Å². The van der Waals surface area contributed by atoms with Gasteiger partial charge in [-0.25, -0.2) is 0 Å². The molecule has 1 saturated carbocycles. The molecule has 0 unspecified atom stereocenters. The Morgan fingerprint density at radius 3 is 1.92 bits per heavy atom. The molecule has 24 heavy (non-hydrogen) atoms. The van der Waals surface area contributed by atoms with E-state index in [1.165, 1.54) is 18.4 Å². The summed E-state index contributed by atoms with van der Waals surface area (Å²) in [6.07, 6.45) is 2.46. The summed E-state index contributed by atoms with van der Waals surface area (Å²) < 4.78 is 11.0. The SMILES string of the molecule is COc1cc(Cl)c(C2CC2)cc1N.COc1cc(Cl)c(I)cc1N. The zero-order valence-corrected chi connectivity index (χ0v) is 17.1. The molecule has 3 rings (SSSR count). The van der Waals surface area contributed by atoms with Crippen molar-refractivity contribution in [3.63, 3.8) is 0 Å². The quantitative estimate of drug-likeness (QED) is 0.459. The summed E-state index contributed by atoms with van der Waals surface area (Å²) in [6.45, 7) is 0. The van der Waals surface area contributed by atoms with Crippen molar-refractivity contribution >= 4 is 57.2 Å². The van der Waals surface area contributed by atoms with Crippen LogP contribution in [0.2, 0.25) is 10.0 Å². The summed E-state index contributed by atoms with van der Waals surface area (Å²) in [5, 5.41) is 1.44. The minimum Gasteiger partial charge on any atom is -0.495 e. The molecule has 0 radical (unpaired) electrons. The summed E-state index contributed by atoms with van der Waals surface area (Å²) in [5.41, 5.74) is 13.8. The molecule has 1 aliphatic rings. The van der Waals surface area contributed by atoms with Gasteiger partial charge in [0, 0.05) is 20.7 Å². The zero-order chi connectivity index (χ0) is 17.9. The first-order chi connectivity index (χ1) is 11.4. The number of halogens is 3. The largest absolute Gasteiger partial charge is 0.495 e. The van der Waals surface area contributed by atoms with Gasteiger partial charge in [0.25, 0.3) is 0 Å². The van der Waals surface area contributed by atoms with E-state index in [-0.39, 0.29) is 0 Å². The van der Waals surface area contributed by atoms with Gasteiger partial charge in [0.05, 0.1) is 30.6 Å². The summed E-state index contributed by atoms with van der Waals surface area (Å²) >= 11 is 14.0. The van der Waals surface area contributed by atoms with Crippen LogP contribution in [0.25, 0.3) is 0 Å². The van der Waals surface area contributed by atoms with Crippen LogP contribution in [-0.2, 0) is 0 Å². The maximum Gasteiger partial charge on any atom is 0.143 e. The highest BCUT2D eigenvalue weighted by molar-refractivity contribution is 14.1. The van der Waals surface area contributed by atoms with Crippen LogP contribution in [0.15, 0.2) is 24.3 Å². The molecule has 0 spiro atoms. The maximum absolute atomic E-state index is 6.08. The molecule has 2 aromatic carbocycles. The fraction of sp³-hybridized carbons (Fsp3) is 0.294. The highest BCUT2D eigenvalue weighted by Crippen LogP contribution is 2.45. The molecule has 2 aromatic rings. The Balaban J connectivity index is 0.000000177. The van der Waals surface area contributed by atoms with Crippen LogP contribution in [0.3, 0.4) is 0 Å². The van der Waals surface area contributed by atoms with E-state index in [4.69, 9.17) is 44.1 Å². The lowest BCUT2D eigenvalue weighted by molar-refractivity contribution is 0.417. The fourth-order valence-electron chi connectivity index (χ4n) is 2.19. The normalized spacial score (nSPS) is 13.0. The minimum absolute atomic E-state index is 0.612. The van der Waals surface area contributed by atoms with Crippen molar-refractivity contribution in [3.05, 3.63) is 43.4 Å². The molecule has 4 N–H and O–H groups in total. The maximum atomic E-state index is 6.08. The minimum atomic E-state index is 0.612. The van der Waals surface area contributed by atoms with Gasteiger partial charge in [-0.1, -0.05) is 23.2 Å². The van der Waals surface area contributed by atoms with E-state index < -0.39 is 0 Å². The average Bonchev–Trinajstić information content (AvgIpc) is 3.38. The molecule has 1 fully saturated rings. The topological polar surface area (TPSA) is 70.5 Å². The Morgan fingerprint density at radius 2 is 1.42 bits per heavy atom. The van der Waals surface area contributed by atoms with Crippen molar-refractivity contribution in [1.29, 1.82) is 0 Å². The number of nitrogens with two attached hydrogens (primary N) is 2. The highest BCUT2D eigenvalue weighted by atomic mass is 127. The standard InChI is InChI=1S/C10H12ClNO.C7H7ClINO/c1-13-10-5-8(11)7(4-9(10)12)6-2-3-6;1-11-7-2-4(8)5(9)3-6(7)10/h4-6H,2-3,12H2,1H3;2-3H,10H2,1H3. The fourth-order valence-corrected chi connectivity index (χ4v) is 3.15. The number of nitrogen functional groups attached to an aromatic ring is 2. The molecule has 0 aromatic heterocycles. The second-order valence-electron chi connectivity index (χ2n) is 5.40. The predicted molar refractivity (Wildman–Crippen MR) is 110 cm³/mol. The number of hydrogen-bond acceptors (Lipinski definition) is 4. The van der Waals surface area contributed by atoms with Gasteiger partial charge in [0.15, 0.2) is 0 Å². The van der Waals surface area contributed by atoms with E-state index in [0.717, 1.165) is 8.59 Å². The van der Waals surface area contributed by atoms with Gasteiger partial charge in [-0.3, -0.25) is 0 Å². The number of ether oxygens (including phenoxy) is 2. The molecular formula is C17H19Cl2IN2O2. The predicted octanol–water partition coefficient (Wildman–Crippen LogP) is 5.34. The number of benzene rings is 2. The smallest absolute Gasteiger partial charge is 0.143 e.